The maximum absolute atomic E-state index is 13.6. The van der Waals surface area contributed by atoms with Gasteiger partial charge < -0.3 is 24.8 Å². The van der Waals surface area contributed by atoms with Gasteiger partial charge in [0, 0.05) is 18.4 Å². The van der Waals surface area contributed by atoms with Gasteiger partial charge in [-0.1, -0.05) is 49.4 Å². The molecule has 3 aromatic rings. The number of methoxy groups -OCH3 is 2. The van der Waals surface area contributed by atoms with Crippen LogP contribution in [0.2, 0.25) is 0 Å². The molecule has 12 heteroatoms. The molecule has 2 aromatic carbocycles. The van der Waals surface area contributed by atoms with E-state index in [0.29, 0.717) is 24.5 Å². The minimum Gasteiger partial charge on any atom is -0.491 e. The SMILES string of the molecule is COCCOc1ccc([C@H]2NC(=O)N([C@H](C(=O)Nc3nc(C(=O)OC)cs3)[C@@H](C)c3ccccc3)C2=O)cc1. The number of anilines is 1. The Labute approximate surface area is 229 Å². The van der Waals surface area contributed by atoms with Gasteiger partial charge in [0.2, 0.25) is 5.91 Å². The van der Waals surface area contributed by atoms with Crippen LogP contribution in [0, 0.1) is 0 Å². The highest BCUT2D eigenvalue weighted by molar-refractivity contribution is 7.14. The van der Waals surface area contributed by atoms with Crippen LogP contribution in [-0.2, 0) is 19.1 Å². The number of imide groups is 1. The summed E-state index contributed by atoms with van der Waals surface area (Å²) < 4.78 is 15.2. The third-order valence-electron chi connectivity index (χ3n) is 6.22. The number of benzene rings is 2. The molecule has 4 amide bonds. The number of aromatic nitrogens is 1. The number of hydrogen-bond donors (Lipinski definition) is 2. The number of urea groups is 1. The van der Waals surface area contributed by atoms with Gasteiger partial charge in [-0.3, -0.25) is 9.59 Å². The van der Waals surface area contributed by atoms with Gasteiger partial charge in [0.15, 0.2) is 10.8 Å². The molecule has 1 fully saturated rings. The van der Waals surface area contributed by atoms with Crippen molar-refractivity contribution in [2.75, 3.05) is 32.8 Å². The summed E-state index contributed by atoms with van der Waals surface area (Å²) in [5.74, 6) is -1.80. The number of nitrogens with one attached hydrogen (secondary N) is 2. The zero-order valence-electron chi connectivity index (χ0n) is 21.6. The smallest absolute Gasteiger partial charge is 0.357 e. The molecule has 39 heavy (non-hydrogen) atoms. The predicted octanol–water partition coefficient (Wildman–Crippen LogP) is 3.36. The van der Waals surface area contributed by atoms with Crippen LogP contribution in [0.25, 0.3) is 0 Å². The molecule has 0 saturated carbocycles. The Morgan fingerprint density at radius 1 is 1.08 bits per heavy atom. The lowest BCUT2D eigenvalue weighted by molar-refractivity contribution is -0.134. The molecule has 11 nitrogen and oxygen atoms in total. The molecule has 2 N–H and O–H groups in total. The molecule has 1 aliphatic heterocycles. The molecule has 204 valence electrons. The van der Waals surface area contributed by atoms with Crippen molar-refractivity contribution in [1.82, 2.24) is 15.2 Å². The van der Waals surface area contributed by atoms with Gasteiger partial charge in [0.05, 0.1) is 13.7 Å². The second-order valence-corrected chi connectivity index (χ2v) is 9.52. The maximum Gasteiger partial charge on any atom is 0.357 e. The normalized spacial score (nSPS) is 16.4. The highest BCUT2D eigenvalue weighted by Gasteiger charge is 2.47. The summed E-state index contributed by atoms with van der Waals surface area (Å²) >= 11 is 1.03. The van der Waals surface area contributed by atoms with Gasteiger partial charge in [-0.2, -0.15) is 0 Å². The fourth-order valence-electron chi connectivity index (χ4n) is 4.20. The molecule has 1 aliphatic rings. The van der Waals surface area contributed by atoms with Crippen molar-refractivity contribution in [2.45, 2.75) is 24.9 Å². The zero-order chi connectivity index (χ0) is 27.9. The lowest BCUT2D eigenvalue weighted by Crippen LogP contribution is -2.50. The van der Waals surface area contributed by atoms with E-state index in [2.05, 4.69) is 20.4 Å². The van der Waals surface area contributed by atoms with Crippen LogP contribution in [0.1, 0.15) is 40.5 Å². The first kappa shape index (κ1) is 27.7. The standard InChI is InChI=1S/C27H28N4O7S/c1-16(17-7-5-4-6-8-17)22(23(32)30-26-28-20(15-39-26)25(34)37-3)31-24(33)21(29-27(31)35)18-9-11-19(12-10-18)38-14-13-36-2/h4-12,15-16,21-22H,13-14H2,1-3H3,(H,29,35)(H,28,30,32)/t16-,21+,22-/m0/s1. The number of hydrogen-bond acceptors (Lipinski definition) is 9. The average molecular weight is 553 g/mol. The van der Waals surface area contributed by atoms with Gasteiger partial charge in [-0.15, -0.1) is 11.3 Å². The fourth-order valence-corrected chi connectivity index (χ4v) is 4.88. The van der Waals surface area contributed by atoms with Gasteiger partial charge in [0.1, 0.15) is 24.4 Å². The van der Waals surface area contributed by atoms with Crippen LogP contribution < -0.4 is 15.4 Å². The third kappa shape index (κ3) is 6.24. The van der Waals surface area contributed by atoms with E-state index < -0.39 is 41.8 Å². The maximum atomic E-state index is 13.6. The van der Waals surface area contributed by atoms with E-state index in [0.717, 1.165) is 21.8 Å². The van der Waals surface area contributed by atoms with Crippen molar-refractivity contribution in [3.8, 4) is 5.75 Å². The topological polar surface area (TPSA) is 136 Å². The number of thiazole rings is 1. The van der Waals surface area contributed by atoms with Crippen LogP contribution in [0.3, 0.4) is 0 Å². The van der Waals surface area contributed by atoms with Crippen LogP contribution in [0.5, 0.6) is 5.75 Å². The quantitative estimate of drug-likeness (QED) is 0.210. The molecular weight excluding hydrogens is 524 g/mol. The summed E-state index contributed by atoms with van der Waals surface area (Å²) in [6.07, 6.45) is 0. The minimum absolute atomic E-state index is 0.0372. The summed E-state index contributed by atoms with van der Waals surface area (Å²) in [7, 11) is 2.81. The molecule has 0 aliphatic carbocycles. The van der Waals surface area contributed by atoms with Gasteiger partial charge in [-0.05, 0) is 23.3 Å². The van der Waals surface area contributed by atoms with Crippen molar-refractivity contribution in [3.05, 3.63) is 76.8 Å². The Morgan fingerprint density at radius 3 is 2.46 bits per heavy atom. The Bertz CT molecular complexity index is 1330. The lowest BCUT2D eigenvalue weighted by Gasteiger charge is -2.29. The Morgan fingerprint density at radius 2 is 1.79 bits per heavy atom. The molecule has 4 rings (SSSR count). The largest absolute Gasteiger partial charge is 0.491 e. The average Bonchev–Trinajstić information content (AvgIpc) is 3.53. The van der Waals surface area contributed by atoms with E-state index in [1.54, 1.807) is 38.3 Å². The lowest BCUT2D eigenvalue weighted by atomic mass is 9.91. The third-order valence-corrected chi connectivity index (χ3v) is 6.97. The highest BCUT2D eigenvalue weighted by Crippen LogP contribution is 2.32. The van der Waals surface area contributed by atoms with Crippen molar-refractivity contribution < 1.29 is 33.4 Å². The van der Waals surface area contributed by atoms with Gasteiger partial charge in [-0.25, -0.2) is 19.5 Å². The number of esters is 1. The van der Waals surface area contributed by atoms with E-state index >= 15 is 0 Å². The highest BCUT2D eigenvalue weighted by atomic mass is 32.1. The summed E-state index contributed by atoms with van der Waals surface area (Å²) in [5.41, 5.74) is 1.34. The van der Waals surface area contributed by atoms with Crippen LogP contribution in [0.4, 0.5) is 9.93 Å². The fraction of sp³-hybridized carbons (Fsp3) is 0.296. The van der Waals surface area contributed by atoms with E-state index in [4.69, 9.17) is 9.47 Å². The first-order chi connectivity index (χ1) is 18.8. The zero-order valence-corrected chi connectivity index (χ0v) is 22.4. The van der Waals surface area contributed by atoms with Crippen LogP contribution in [0.15, 0.2) is 60.0 Å². The minimum atomic E-state index is -1.20. The molecule has 1 aromatic heterocycles. The molecular formula is C27H28N4O7S. The predicted molar refractivity (Wildman–Crippen MR) is 143 cm³/mol. The molecule has 0 unspecified atom stereocenters. The number of carbonyl (C=O) groups is 4. The molecule has 3 atom stereocenters. The van der Waals surface area contributed by atoms with Crippen LogP contribution >= 0.6 is 11.3 Å². The summed E-state index contributed by atoms with van der Waals surface area (Å²) in [6.45, 7) is 2.57. The van der Waals surface area contributed by atoms with E-state index in [-0.39, 0.29) is 10.8 Å². The van der Waals surface area contributed by atoms with Crippen LogP contribution in [-0.4, -0.2) is 67.2 Å². The Kier molecular flexibility index (Phi) is 8.89. The molecule has 1 saturated heterocycles. The Balaban J connectivity index is 1.59. The molecule has 0 spiro atoms. The van der Waals surface area contributed by atoms with E-state index in [1.165, 1.54) is 12.5 Å². The number of nitrogens with zero attached hydrogens (tertiary/aromatic N) is 2. The monoisotopic (exact) mass is 552 g/mol. The van der Waals surface area contributed by atoms with E-state index in [9.17, 15) is 19.2 Å². The summed E-state index contributed by atoms with van der Waals surface area (Å²) in [4.78, 5) is 57.2. The van der Waals surface area contributed by atoms with Crippen molar-refractivity contribution in [2.24, 2.45) is 0 Å². The molecule has 0 bridgehead atoms. The first-order valence-electron chi connectivity index (χ1n) is 12.1. The Hall–Kier alpha value is -4.29. The molecule has 2 heterocycles. The first-order valence-corrected chi connectivity index (χ1v) is 13.0. The van der Waals surface area contributed by atoms with Crippen molar-refractivity contribution >= 4 is 40.3 Å². The second-order valence-electron chi connectivity index (χ2n) is 8.66. The van der Waals surface area contributed by atoms with Gasteiger partial charge in [0.25, 0.3) is 5.91 Å². The number of carbonyl (C=O) groups excluding carboxylic acids is 4. The summed E-state index contributed by atoms with van der Waals surface area (Å²) in [6, 6.07) is 13.0. The number of ether oxygens (including phenoxy) is 3. The number of amides is 4. The number of rotatable bonds is 11. The van der Waals surface area contributed by atoms with Crippen molar-refractivity contribution in [3.63, 3.8) is 0 Å². The summed E-state index contributed by atoms with van der Waals surface area (Å²) in [5, 5.41) is 6.94. The van der Waals surface area contributed by atoms with Gasteiger partial charge >= 0.3 is 12.0 Å². The second kappa shape index (κ2) is 12.5. The van der Waals surface area contributed by atoms with Crippen molar-refractivity contribution in [1.29, 1.82) is 0 Å². The van der Waals surface area contributed by atoms with E-state index in [1.807, 2.05) is 30.3 Å². The molecule has 0 radical (unpaired) electrons.